The fourth-order valence-corrected chi connectivity index (χ4v) is 9.24. The monoisotopic (exact) mass is 720 g/mol. The van der Waals surface area contributed by atoms with Crippen LogP contribution in [0.4, 0.5) is 0 Å². The Hall–Kier alpha value is -6.64. The Kier molecular flexibility index (Phi) is 8.04. The lowest BCUT2D eigenvalue weighted by molar-refractivity contribution is 0.865. The van der Waals surface area contributed by atoms with Crippen molar-refractivity contribution in [1.29, 1.82) is 0 Å². The Morgan fingerprint density at radius 2 is 0.839 bits per heavy atom. The van der Waals surface area contributed by atoms with E-state index < -0.39 is 0 Å². The molecule has 2 heteroatoms. The molecule has 0 aliphatic rings. The first-order valence-electron chi connectivity index (χ1n) is 19.8. The SMILES string of the molecule is Cc1ccccc1-c1c(C)cc(C(C)C)c(-c2ccccc2C)c1-n1c2ccccc2c2cc(-c3ccc4c(c3)c3ccccc3n4-c3ccccc3)ccc21. The molecule has 10 aromatic rings. The minimum absolute atomic E-state index is 0.329. The Labute approximate surface area is 328 Å². The highest BCUT2D eigenvalue weighted by Crippen LogP contribution is 2.48. The molecule has 0 saturated heterocycles. The summed E-state index contributed by atoms with van der Waals surface area (Å²) in [5.74, 6) is 0.329. The molecule has 0 atom stereocenters. The summed E-state index contributed by atoms with van der Waals surface area (Å²) in [6.07, 6.45) is 0. The summed E-state index contributed by atoms with van der Waals surface area (Å²) >= 11 is 0. The van der Waals surface area contributed by atoms with Gasteiger partial charge in [-0.1, -0.05) is 135 Å². The molecular weight excluding hydrogens is 677 g/mol. The topological polar surface area (TPSA) is 9.86 Å². The third-order valence-corrected chi connectivity index (χ3v) is 11.9. The average molecular weight is 721 g/mol. The highest BCUT2D eigenvalue weighted by molar-refractivity contribution is 6.13. The molecule has 10 rings (SSSR count). The van der Waals surface area contributed by atoms with Gasteiger partial charge in [0.05, 0.1) is 27.8 Å². The fraction of sp³-hybridized carbons (Fsp3) is 0.111. The minimum atomic E-state index is 0.329. The smallest absolute Gasteiger partial charge is 0.0624 e. The van der Waals surface area contributed by atoms with E-state index in [1.807, 2.05) is 0 Å². The molecule has 0 unspecified atom stereocenters. The van der Waals surface area contributed by atoms with E-state index in [4.69, 9.17) is 0 Å². The van der Waals surface area contributed by atoms with Gasteiger partial charge in [-0.25, -0.2) is 0 Å². The first-order chi connectivity index (χ1) is 27.4. The van der Waals surface area contributed by atoms with E-state index in [1.165, 1.54) is 111 Å². The first kappa shape index (κ1) is 33.9. The zero-order valence-corrected chi connectivity index (χ0v) is 32.6. The van der Waals surface area contributed by atoms with E-state index in [1.54, 1.807) is 0 Å². The molecule has 56 heavy (non-hydrogen) atoms. The zero-order chi connectivity index (χ0) is 38.1. The van der Waals surface area contributed by atoms with Crippen LogP contribution in [0.2, 0.25) is 0 Å². The van der Waals surface area contributed by atoms with Gasteiger partial charge in [-0.05, 0) is 120 Å². The second kappa shape index (κ2) is 13.3. The maximum atomic E-state index is 2.58. The third kappa shape index (κ3) is 5.24. The van der Waals surface area contributed by atoms with E-state index in [0.717, 1.165) is 0 Å². The maximum Gasteiger partial charge on any atom is 0.0624 e. The summed E-state index contributed by atoms with van der Waals surface area (Å²) in [6, 6.07) is 62.8. The molecule has 2 nitrogen and oxygen atoms in total. The second-order valence-electron chi connectivity index (χ2n) is 15.7. The summed E-state index contributed by atoms with van der Waals surface area (Å²) in [5, 5.41) is 5.03. The summed E-state index contributed by atoms with van der Waals surface area (Å²) in [5.41, 5.74) is 20.1. The number of benzene rings is 8. The van der Waals surface area contributed by atoms with Crippen molar-refractivity contribution in [3.8, 4) is 44.8 Å². The predicted molar refractivity (Wildman–Crippen MR) is 240 cm³/mol. The quantitative estimate of drug-likeness (QED) is 0.162. The fourth-order valence-electron chi connectivity index (χ4n) is 9.24. The molecule has 270 valence electrons. The van der Waals surface area contributed by atoms with Crippen molar-refractivity contribution in [2.24, 2.45) is 0 Å². The van der Waals surface area contributed by atoms with Crippen LogP contribution in [0, 0.1) is 20.8 Å². The largest absolute Gasteiger partial charge is 0.309 e. The molecule has 0 aliphatic carbocycles. The Balaban J connectivity index is 1.27. The lowest BCUT2D eigenvalue weighted by Crippen LogP contribution is -2.07. The molecule has 0 N–H and O–H groups in total. The molecular formula is C54H44N2. The number of aromatic nitrogens is 2. The Bertz CT molecular complexity index is 3140. The van der Waals surface area contributed by atoms with Gasteiger partial charge in [-0.15, -0.1) is 0 Å². The second-order valence-corrected chi connectivity index (χ2v) is 15.7. The molecule has 0 fully saturated rings. The van der Waals surface area contributed by atoms with Crippen molar-refractivity contribution in [3.63, 3.8) is 0 Å². The molecule has 0 radical (unpaired) electrons. The van der Waals surface area contributed by atoms with Gasteiger partial charge in [0.1, 0.15) is 0 Å². The standard InChI is InChI=1S/C54H44N2/c1-34(2)45-31-37(5)52(41-21-11-9-17-35(41)3)54(53(45)42-22-12-10-18-36(42)4)56-49-26-16-14-24-44(49)47-33-39(28-30-51(47)56)38-27-29-50-46(32-38)43-23-13-15-25-48(43)55(50)40-19-7-6-8-20-40/h6-34H,1-5H3. The number of aryl methyl sites for hydroxylation is 3. The first-order valence-corrected chi connectivity index (χ1v) is 19.8. The Morgan fingerprint density at radius 1 is 0.375 bits per heavy atom. The van der Waals surface area contributed by atoms with Crippen LogP contribution in [0.15, 0.2) is 170 Å². The van der Waals surface area contributed by atoms with Crippen LogP contribution >= 0.6 is 0 Å². The number of nitrogens with zero attached hydrogens (tertiary/aromatic N) is 2. The molecule has 8 aromatic carbocycles. The van der Waals surface area contributed by atoms with Gasteiger partial charge >= 0.3 is 0 Å². The van der Waals surface area contributed by atoms with Crippen LogP contribution in [-0.4, -0.2) is 9.13 Å². The van der Waals surface area contributed by atoms with Crippen LogP contribution in [0.5, 0.6) is 0 Å². The number of hydrogen-bond acceptors (Lipinski definition) is 0. The molecule has 0 saturated carbocycles. The number of hydrogen-bond donors (Lipinski definition) is 0. The van der Waals surface area contributed by atoms with Gasteiger partial charge in [-0.3, -0.25) is 0 Å². The van der Waals surface area contributed by atoms with Crippen LogP contribution in [0.1, 0.15) is 42.0 Å². The summed E-state index contributed by atoms with van der Waals surface area (Å²) in [4.78, 5) is 0. The van der Waals surface area contributed by atoms with E-state index in [9.17, 15) is 0 Å². The van der Waals surface area contributed by atoms with E-state index in [2.05, 4.69) is 214 Å². The normalized spacial score (nSPS) is 11.8. The highest BCUT2D eigenvalue weighted by atomic mass is 15.0. The lowest BCUT2D eigenvalue weighted by Gasteiger charge is -2.27. The summed E-state index contributed by atoms with van der Waals surface area (Å²) < 4.78 is 4.96. The summed E-state index contributed by atoms with van der Waals surface area (Å²) in [6.45, 7) is 11.5. The lowest BCUT2D eigenvalue weighted by atomic mass is 9.82. The van der Waals surface area contributed by atoms with Gasteiger partial charge in [0.2, 0.25) is 0 Å². The summed E-state index contributed by atoms with van der Waals surface area (Å²) in [7, 11) is 0. The van der Waals surface area contributed by atoms with Crippen molar-refractivity contribution in [2.75, 3.05) is 0 Å². The van der Waals surface area contributed by atoms with E-state index >= 15 is 0 Å². The van der Waals surface area contributed by atoms with Crippen molar-refractivity contribution in [1.82, 2.24) is 9.13 Å². The number of rotatable bonds is 6. The third-order valence-electron chi connectivity index (χ3n) is 11.9. The van der Waals surface area contributed by atoms with Gasteiger partial charge in [-0.2, -0.15) is 0 Å². The van der Waals surface area contributed by atoms with Crippen molar-refractivity contribution in [3.05, 3.63) is 192 Å². The van der Waals surface area contributed by atoms with E-state index in [-0.39, 0.29) is 0 Å². The Morgan fingerprint density at radius 3 is 1.41 bits per heavy atom. The maximum absolute atomic E-state index is 2.58. The van der Waals surface area contributed by atoms with Crippen molar-refractivity contribution >= 4 is 43.6 Å². The minimum Gasteiger partial charge on any atom is -0.309 e. The number of para-hydroxylation sites is 3. The highest BCUT2D eigenvalue weighted by Gasteiger charge is 2.26. The number of fused-ring (bicyclic) bond motifs is 6. The van der Waals surface area contributed by atoms with Crippen LogP contribution in [0.3, 0.4) is 0 Å². The predicted octanol–water partition coefficient (Wildman–Crippen LogP) is 14.9. The van der Waals surface area contributed by atoms with Crippen LogP contribution in [0.25, 0.3) is 88.4 Å². The molecule has 0 bridgehead atoms. The van der Waals surface area contributed by atoms with Crippen molar-refractivity contribution < 1.29 is 0 Å². The van der Waals surface area contributed by atoms with Crippen LogP contribution < -0.4 is 0 Å². The average Bonchev–Trinajstić information content (AvgIpc) is 3.73. The van der Waals surface area contributed by atoms with Gasteiger partial charge < -0.3 is 9.13 Å². The molecule has 0 amide bonds. The van der Waals surface area contributed by atoms with Gasteiger partial charge in [0, 0.05) is 38.4 Å². The van der Waals surface area contributed by atoms with Crippen molar-refractivity contribution in [2.45, 2.75) is 40.5 Å². The molecule has 0 aliphatic heterocycles. The van der Waals surface area contributed by atoms with Gasteiger partial charge in [0.25, 0.3) is 0 Å². The van der Waals surface area contributed by atoms with Crippen LogP contribution in [-0.2, 0) is 0 Å². The molecule has 2 aromatic heterocycles. The molecule has 0 spiro atoms. The van der Waals surface area contributed by atoms with E-state index in [0.29, 0.717) is 5.92 Å². The molecule has 2 heterocycles. The van der Waals surface area contributed by atoms with Gasteiger partial charge in [0.15, 0.2) is 0 Å². The zero-order valence-electron chi connectivity index (χ0n) is 32.6.